The summed E-state index contributed by atoms with van der Waals surface area (Å²) in [7, 11) is -3.16. The molecule has 0 fully saturated rings. The van der Waals surface area contributed by atoms with Crippen molar-refractivity contribution < 1.29 is 8.42 Å². The molecule has 3 nitrogen and oxygen atoms in total. The van der Waals surface area contributed by atoms with Gasteiger partial charge in [0.05, 0.1) is 10.6 Å². The van der Waals surface area contributed by atoms with Crippen molar-refractivity contribution in [2.24, 2.45) is 5.73 Å². The SMILES string of the molecule is NCCS(=O)(=O)c1cc[c]cc1. The fraction of sp³-hybridized carbons (Fsp3) is 0.250. The molecule has 1 radical (unpaired) electrons. The normalized spacial score (nSPS) is 11.4. The molecular weight excluding hydrogens is 174 g/mol. The van der Waals surface area contributed by atoms with Crippen LogP contribution >= 0.6 is 0 Å². The topological polar surface area (TPSA) is 60.2 Å². The average molecular weight is 184 g/mol. The lowest BCUT2D eigenvalue weighted by molar-refractivity contribution is 0.596. The van der Waals surface area contributed by atoms with Crippen molar-refractivity contribution in [1.29, 1.82) is 0 Å². The van der Waals surface area contributed by atoms with Crippen molar-refractivity contribution in [2.45, 2.75) is 4.90 Å². The van der Waals surface area contributed by atoms with Gasteiger partial charge in [-0.1, -0.05) is 12.1 Å². The number of hydrogen-bond acceptors (Lipinski definition) is 3. The third-order valence-corrected chi connectivity index (χ3v) is 3.20. The Kier molecular flexibility index (Phi) is 2.83. The summed E-state index contributed by atoms with van der Waals surface area (Å²) in [6, 6.07) is 8.93. The van der Waals surface area contributed by atoms with Gasteiger partial charge >= 0.3 is 0 Å². The smallest absolute Gasteiger partial charge is 0.179 e. The number of benzene rings is 1. The highest BCUT2D eigenvalue weighted by Crippen LogP contribution is 2.08. The van der Waals surface area contributed by atoms with E-state index in [2.05, 4.69) is 6.07 Å². The van der Waals surface area contributed by atoms with E-state index in [1.165, 1.54) is 12.1 Å². The van der Waals surface area contributed by atoms with Gasteiger partial charge in [-0.3, -0.25) is 0 Å². The Bertz CT molecular complexity index is 331. The average Bonchev–Trinajstić information content (AvgIpc) is 2.06. The first-order chi connectivity index (χ1) is 5.67. The van der Waals surface area contributed by atoms with Crippen LogP contribution < -0.4 is 5.73 Å². The Balaban J connectivity index is 2.99. The number of hydrogen-bond donors (Lipinski definition) is 1. The molecule has 0 saturated carbocycles. The lowest BCUT2D eigenvalue weighted by Crippen LogP contribution is -2.15. The number of sulfone groups is 1. The highest BCUT2D eigenvalue weighted by Gasteiger charge is 2.11. The molecule has 12 heavy (non-hydrogen) atoms. The summed E-state index contributed by atoms with van der Waals surface area (Å²) < 4.78 is 22.7. The molecule has 4 heteroatoms. The molecule has 0 heterocycles. The molecule has 0 saturated heterocycles. The van der Waals surface area contributed by atoms with Crippen LogP contribution in [0.25, 0.3) is 0 Å². The summed E-state index contributed by atoms with van der Waals surface area (Å²) in [5, 5.41) is 0. The minimum absolute atomic E-state index is 0.00296. The molecule has 0 aromatic heterocycles. The van der Waals surface area contributed by atoms with E-state index in [0.717, 1.165) is 0 Å². The second-order valence-electron chi connectivity index (χ2n) is 2.34. The molecule has 0 unspecified atom stereocenters. The van der Waals surface area contributed by atoms with Crippen molar-refractivity contribution in [2.75, 3.05) is 12.3 Å². The monoisotopic (exact) mass is 184 g/mol. The highest BCUT2D eigenvalue weighted by atomic mass is 32.2. The lowest BCUT2D eigenvalue weighted by atomic mass is 10.4. The molecule has 1 rings (SSSR count). The Hall–Kier alpha value is -0.870. The molecule has 1 aromatic carbocycles. The molecular formula is C8H10NO2S. The van der Waals surface area contributed by atoms with Gasteiger partial charge in [-0.05, 0) is 18.2 Å². The van der Waals surface area contributed by atoms with Crippen molar-refractivity contribution in [3.63, 3.8) is 0 Å². The summed E-state index contributed by atoms with van der Waals surface area (Å²) in [6.07, 6.45) is 0. The van der Waals surface area contributed by atoms with Crippen LogP contribution in [0.4, 0.5) is 0 Å². The van der Waals surface area contributed by atoms with Gasteiger partial charge in [0.1, 0.15) is 0 Å². The molecule has 0 amide bonds. The van der Waals surface area contributed by atoms with Gasteiger partial charge in [-0.25, -0.2) is 8.42 Å². The van der Waals surface area contributed by atoms with Crippen molar-refractivity contribution in [3.8, 4) is 0 Å². The maximum absolute atomic E-state index is 11.3. The third kappa shape index (κ3) is 2.06. The fourth-order valence-electron chi connectivity index (χ4n) is 0.852. The van der Waals surface area contributed by atoms with E-state index in [-0.39, 0.29) is 12.3 Å². The second-order valence-corrected chi connectivity index (χ2v) is 4.45. The second kappa shape index (κ2) is 3.69. The Morgan fingerprint density at radius 1 is 1.33 bits per heavy atom. The maximum Gasteiger partial charge on any atom is 0.179 e. The van der Waals surface area contributed by atoms with Gasteiger partial charge in [0.2, 0.25) is 0 Å². The van der Waals surface area contributed by atoms with Crippen LogP contribution in [0.3, 0.4) is 0 Å². The van der Waals surface area contributed by atoms with E-state index in [9.17, 15) is 8.42 Å². The Morgan fingerprint density at radius 2 is 1.92 bits per heavy atom. The largest absolute Gasteiger partial charge is 0.329 e. The van der Waals surface area contributed by atoms with Crippen LogP contribution in [0.2, 0.25) is 0 Å². The predicted octanol–water partition coefficient (Wildman–Crippen LogP) is 0.219. The number of rotatable bonds is 3. The van der Waals surface area contributed by atoms with Crippen LogP contribution in [0.1, 0.15) is 0 Å². The lowest BCUT2D eigenvalue weighted by Gasteiger charge is -2.00. The first-order valence-corrected chi connectivity index (χ1v) is 5.21. The van der Waals surface area contributed by atoms with Gasteiger partial charge in [0, 0.05) is 6.54 Å². The van der Waals surface area contributed by atoms with Gasteiger partial charge in [0.15, 0.2) is 9.84 Å². The molecule has 0 spiro atoms. The zero-order chi connectivity index (χ0) is 9.03. The van der Waals surface area contributed by atoms with Crippen LogP contribution in [-0.4, -0.2) is 20.7 Å². The highest BCUT2D eigenvalue weighted by molar-refractivity contribution is 7.91. The summed E-state index contributed by atoms with van der Waals surface area (Å²) in [4.78, 5) is 0.312. The van der Waals surface area contributed by atoms with Crippen molar-refractivity contribution in [3.05, 3.63) is 30.3 Å². The first-order valence-electron chi connectivity index (χ1n) is 3.56. The zero-order valence-electron chi connectivity index (χ0n) is 6.53. The summed E-state index contributed by atoms with van der Waals surface area (Å²) in [5.41, 5.74) is 5.17. The standard InChI is InChI=1S/C8H10NO2S/c9-6-7-12(10,11)8-4-2-1-3-5-8/h2-5H,6-7,9H2. The maximum atomic E-state index is 11.3. The summed E-state index contributed by atoms with van der Waals surface area (Å²) in [6.45, 7) is 0.154. The predicted molar refractivity (Wildman–Crippen MR) is 46.4 cm³/mol. The van der Waals surface area contributed by atoms with Gasteiger partial charge in [0.25, 0.3) is 0 Å². The molecule has 0 aliphatic rings. The van der Waals surface area contributed by atoms with Gasteiger partial charge in [-0.2, -0.15) is 0 Å². The van der Waals surface area contributed by atoms with E-state index in [0.29, 0.717) is 4.90 Å². The molecule has 65 valence electrons. The van der Waals surface area contributed by atoms with E-state index >= 15 is 0 Å². The van der Waals surface area contributed by atoms with Crippen LogP contribution in [-0.2, 0) is 9.84 Å². The van der Waals surface area contributed by atoms with E-state index in [4.69, 9.17) is 5.73 Å². The zero-order valence-corrected chi connectivity index (χ0v) is 7.34. The Morgan fingerprint density at radius 3 is 2.42 bits per heavy atom. The van der Waals surface area contributed by atoms with E-state index < -0.39 is 9.84 Å². The van der Waals surface area contributed by atoms with Gasteiger partial charge < -0.3 is 5.73 Å². The first kappa shape index (κ1) is 9.22. The summed E-state index contributed by atoms with van der Waals surface area (Å²) >= 11 is 0. The molecule has 0 aliphatic heterocycles. The minimum atomic E-state index is -3.16. The summed E-state index contributed by atoms with van der Waals surface area (Å²) in [5.74, 6) is -0.00296. The molecule has 0 atom stereocenters. The quantitative estimate of drug-likeness (QED) is 0.731. The van der Waals surface area contributed by atoms with E-state index in [1.807, 2.05) is 0 Å². The van der Waals surface area contributed by atoms with Crippen molar-refractivity contribution in [1.82, 2.24) is 0 Å². The van der Waals surface area contributed by atoms with Gasteiger partial charge in [-0.15, -0.1) is 0 Å². The van der Waals surface area contributed by atoms with Crippen LogP contribution in [0.15, 0.2) is 29.2 Å². The Labute approximate surface area is 72.1 Å². The molecule has 1 aromatic rings. The fourth-order valence-corrected chi connectivity index (χ4v) is 1.95. The minimum Gasteiger partial charge on any atom is -0.329 e. The van der Waals surface area contributed by atoms with Crippen molar-refractivity contribution >= 4 is 9.84 Å². The molecule has 0 aliphatic carbocycles. The van der Waals surface area contributed by atoms with E-state index in [1.54, 1.807) is 12.1 Å². The third-order valence-electron chi connectivity index (χ3n) is 1.43. The van der Waals surface area contributed by atoms with Crippen LogP contribution in [0, 0.1) is 6.07 Å². The van der Waals surface area contributed by atoms with Crippen LogP contribution in [0.5, 0.6) is 0 Å². The molecule has 2 N–H and O–H groups in total. The number of nitrogens with two attached hydrogens (primary N) is 1. The molecule has 0 bridgehead atoms.